The number of benzene rings is 1. The maximum Gasteiger partial charge on any atom is 0.244 e. The van der Waals surface area contributed by atoms with E-state index >= 15 is 0 Å². The van der Waals surface area contributed by atoms with Gasteiger partial charge in [-0.25, -0.2) is 0 Å². The Morgan fingerprint density at radius 2 is 1.90 bits per heavy atom. The van der Waals surface area contributed by atoms with Gasteiger partial charge in [-0.1, -0.05) is 18.2 Å². The van der Waals surface area contributed by atoms with Gasteiger partial charge in [-0.05, 0) is 25.0 Å². The Kier molecular flexibility index (Phi) is 7.19. The van der Waals surface area contributed by atoms with E-state index in [0.717, 1.165) is 16.8 Å². The zero-order valence-corrected chi connectivity index (χ0v) is 13.4. The quantitative estimate of drug-likeness (QED) is 0.783. The van der Waals surface area contributed by atoms with Gasteiger partial charge in [0.2, 0.25) is 11.8 Å². The fourth-order valence-corrected chi connectivity index (χ4v) is 2.11. The lowest BCUT2D eigenvalue weighted by Crippen LogP contribution is -2.40. The number of para-hydroxylation sites is 1. The van der Waals surface area contributed by atoms with Crippen LogP contribution < -0.4 is 5.32 Å². The van der Waals surface area contributed by atoms with E-state index in [1.165, 1.54) is 4.90 Å². The summed E-state index contributed by atoms with van der Waals surface area (Å²) >= 11 is 5.56. The molecule has 116 valence electrons. The average molecular weight is 313 g/mol. The van der Waals surface area contributed by atoms with Crippen LogP contribution >= 0.6 is 11.6 Å². The van der Waals surface area contributed by atoms with E-state index in [1.54, 1.807) is 7.11 Å². The van der Waals surface area contributed by atoms with Crippen LogP contribution in [0.2, 0.25) is 0 Å². The first-order valence-electron chi connectivity index (χ1n) is 6.68. The number of nitrogens with zero attached hydrogens (tertiary/aromatic N) is 1. The fourth-order valence-electron chi connectivity index (χ4n) is 1.94. The molecule has 0 spiro atoms. The summed E-state index contributed by atoms with van der Waals surface area (Å²) in [7, 11) is 1.54. The molecule has 0 aliphatic heterocycles. The van der Waals surface area contributed by atoms with Gasteiger partial charge in [0.15, 0.2) is 0 Å². The molecule has 1 rings (SSSR count). The predicted molar refractivity (Wildman–Crippen MR) is 83.7 cm³/mol. The molecule has 0 unspecified atom stereocenters. The molecule has 1 N–H and O–H groups in total. The molecule has 2 amide bonds. The molecule has 0 aliphatic carbocycles. The highest BCUT2D eigenvalue weighted by Crippen LogP contribution is 2.19. The van der Waals surface area contributed by atoms with Crippen LogP contribution in [-0.2, 0) is 14.3 Å². The van der Waals surface area contributed by atoms with Crippen molar-refractivity contribution >= 4 is 29.1 Å². The van der Waals surface area contributed by atoms with Crippen LogP contribution in [0.3, 0.4) is 0 Å². The van der Waals surface area contributed by atoms with Gasteiger partial charge in [0.1, 0.15) is 5.88 Å². The number of alkyl halides is 1. The van der Waals surface area contributed by atoms with Crippen molar-refractivity contribution in [2.45, 2.75) is 13.8 Å². The monoisotopic (exact) mass is 312 g/mol. The van der Waals surface area contributed by atoms with Crippen LogP contribution in [0.15, 0.2) is 18.2 Å². The molecule has 0 bridgehead atoms. The first-order valence-corrected chi connectivity index (χ1v) is 7.21. The molecule has 0 fully saturated rings. The first-order chi connectivity index (χ1) is 9.99. The van der Waals surface area contributed by atoms with Crippen LogP contribution in [0.4, 0.5) is 5.69 Å². The number of nitrogens with one attached hydrogen (secondary N) is 1. The van der Waals surface area contributed by atoms with E-state index in [9.17, 15) is 9.59 Å². The van der Waals surface area contributed by atoms with E-state index in [-0.39, 0.29) is 24.2 Å². The minimum Gasteiger partial charge on any atom is -0.383 e. The van der Waals surface area contributed by atoms with E-state index in [0.29, 0.717) is 13.2 Å². The first kappa shape index (κ1) is 17.5. The van der Waals surface area contributed by atoms with E-state index < -0.39 is 0 Å². The highest BCUT2D eigenvalue weighted by molar-refractivity contribution is 6.27. The molecule has 1 aromatic carbocycles. The van der Waals surface area contributed by atoms with Gasteiger partial charge < -0.3 is 15.0 Å². The summed E-state index contributed by atoms with van der Waals surface area (Å²) in [5.74, 6) is -0.687. The number of hydrogen-bond donors (Lipinski definition) is 1. The molecule has 0 saturated carbocycles. The lowest BCUT2D eigenvalue weighted by Gasteiger charge is -2.21. The van der Waals surface area contributed by atoms with Crippen LogP contribution in [0.1, 0.15) is 11.1 Å². The highest BCUT2D eigenvalue weighted by atomic mass is 35.5. The third-order valence-corrected chi connectivity index (χ3v) is 3.34. The zero-order chi connectivity index (χ0) is 15.8. The molecule has 0 heterocycles. The SMILES string of the molecule is COCCN(CC(=O)Nc1c(C)cccc1C)C(=O)CCl. The molecule has 0 saturated heterocycles. The number of carbonyl (C=O) groups is 2. The molecule has 0 aliphatic rings. The van der Waals surface area contributed by atoms with Crippen molar-refractivity contribution in [2.75, 3.05) is 38.0 Å². The number of hydrogen-bond acceptors (Lipinski definition) is 3. The normalized spacial score (nSPS) is 10.3. The Bertz CT molecular complexity index is 485. The van der Waals surface area contributed by atoms with E-state index in [4.69, 9.17) is 16.3 Å². The van der Waals surface area contributed by atoms with Crippen LogP contribution in [0.25, 0.3) is 0 Å². The smallest absolute Gasteiger partial charge is 0.244 e. The molecule has 0 radical (unpaired) electrons. The summed E-state index contributed by atoms with van der Waals surface area (Å²) in [5.41, 5.74) is 2.75. The van der Waals surface area contributed by atoms with Crippen molar-refractivity contribution in [3.05, 3.63) is 29.3 Å². The summed E-state index contributed by atoms with van der Waals surface area (Å²) in [6.45, 7) is 4.51. The second-order valence-electron chi connectivity index (χ2n) is 4.76. The molecule has 5 nitrogen and oxygen atoms in total. The summed E-state index contributed by atoms with van der Waals surface area (Å²) in [6.07, 6.45) is 0. The fraction of sp³-hybridized carbons (Fsp3) is 0.467. The second-order valence-corrected chi connectivity index (χ2v) is 5.02. The Morgan fingerprint density at radius 3 is 2.43 bits per heavy atom. The largest absolute Gasteiger partial charge is 0.383 e. The van der Waals surface area contributed by atoms with Crippen molar-refractivity contribution in [2.24, 2.45) is 0 Å². The molecule has 0 atom stereocenters. The van der Waals surface area contributed by atoms with Gasteiger partial charge in [-0.15, -0.1) is 11.6 Å². The summed E-state index contributed by atoms with van der Waals surface area (Å²) in [6, 6.07) is 5.78. The average Bonchev–Trinajstić information content (AvgIpc) is 2.46. The molecule has 6 heteroatoms. The minimum absolute atomic E-state index is 0.0390. The lowest BCUT2D eigenvalue weighted by atomic mass is 10.1. The Hall–Kier alpha value is -1.59. The lowest BCUT2D eigenvalue weighted by molar-refractivity contribution is -0.133. The van der Waals surface area contributed by atoms with E-state index in [2.05, 4.69) is 5.32 Å². The third kappa shape index (κ3) is 5.36. The Balaban J connectivity index is 2.71. The number of anilines is 1. The van der Waals surface area contributed by atoms with Crippen LogP contribution in [0.5, 0.6) is 0 Å². The predicted octanol–water partition coefficient (Wildman–Crippen LogP) is 1.96. The van der Waals surface area contributed by atoms with Crippen LogP contribution in [0, 0.1) is 13.8 Å². The number of methoxy groups -OCH3 is 1. The van der Waals surface area contributed by atoms with Gasteiger partial charge in [0, 0.05) is 19.3 Å². The van der Waals surface area contributed by atoms with Crippen molar-refractivity contribution in [3.8, 4) is 0 Å². The maximum atomic E-state index is 12.1. The Morgan fingerprint density at radius 1 is 1.29 bits per heavy atom. The second kappa shape index (κ2) is 8.64. The number of amides is 2. The number of ether oxygens (including phenoxy) is 1. The topological polar surface area (TPSA) is 58.6 Å². The molecule has 21 heavy (non-hydrogen) atoms. The molecule has 0 aromatic heterocycles. The standard InChI is InChI=1S/C15H21ClN2O3/c1-11-5-4-6-12(2)15(11)17-13(19)10-18(7-8-21-3)14(20)9-16/h4-6H,7-10H2,1-3H3,(H,17,19). The Labute approximate surface area is 130 Å². The molecule has 1 aromatic rings. The van der Waals surface area contributed by atoms with Crippen molar-refractivity contribution in [1.82, 2.24) is 4.90 Å². The van der Waals surface area contributed by atoms with Gasteiger partial charge in [0.05, 0.1) is 13.2 Å². The van der Waals surface area contributed by atoms with E-state index in [1.807, 2.05) is 32.0 Å². The number of halogens is 1. The highest BCUT2D eigenvalue weighted by Gasteiger charge is 2.17. The van der Waals surface area contributed by atoms with Gasteiger partial charge in [-0.2, -0.15) is 0 Å². The number of rotatable bonds is 7. The summed E-state index contributed by atoms with van der Waals surface area (Å²) < 4.78 is 4.94. The minimum atomic E-state index is -0.287. The number of carbonyl (C=O) groups excluding carboxylic acids is 2. The van der Waals surface area contributed by atoms with Crippen LogP contribution in [-0.4, -0.2) is 49.4 Å². The van der Waals surface area contributed by atoms with Crippen molar-refractivity contribution in [3.63, 3.8) is 0 Å². The van der Waals surface area contributed by atoms with Crippen molar-refractivity contribution in [1.29, 1.82) is 0 Å². The van der Waals surface area contributed by atoms with Gasteiger partial charge >= 0.3 is 0 Å². The summed E-state index contributed by atoms with van der Waals surface area (Å²) in [5, 5.41) is 2.85. The maximum absolute atomic E-state index is 12.1. The van der Waals surface area contributed by atoms with Crippen molar-refractivity contribution < 1.29 is 14.3 Å². The zero-order valence-electron chi connectivity index (χ0n) is 12.6. The van der Waals surface area contributed by atoms with Gasteiger partial charge in [0.25, 0.3) is 0 Å². The molecular formula is C15H21ClN2O3. The number of aryl methyl sites for hydroxylation is 2. The summed E-state index contributed by atoms with van der Waals surface area (Å²) in [4.78, 5) is 25.2. The third-order valence-electron chi connectivity index (χ3n) is 3.11. The van der Waals surface area contributed by atoms with Gasteiger partial charge in [-0.3, -0.25) is 9.59 Å². The molecular weight excluding hydrogens is 292 g/mol.